The van der Waals surface area contributed by atoms with Gasteiger partial charge in [0.2, 0.25) is 5.91 Å². The summed E-state index contributed by atoms with van der Waals surface area (Å²) in [5.74, 6) is -0.289. The minimum Gasteiger partial charge on any atom is -0.392 e. The smallest absolute Gasteiger partial charge is 0.239 e. The third-order valence-electron chi connectivity index (χ3n) is 1.34. The highest BCUT2D eigenvalue weighted by Crippen LogP contribution is 2.29. The second-order valence-electron chi connectivity index (χ2n) is 2.15. The fourth-order valence-corrected chi connectivity index (χ4v) is 0.679. The summed E-state index contributed by atoms with van der Waals surface area (Å²) < 4.78 is 0. The molecular formula is C5H10N2O2. The summed E-state index contributed by atoms with van der Waals surface area (Å²) in [7, 11) is 1.62. The Labute approximate surface area is 53.2 Å². The van der Waals surface area contributed by atoms with Crippen LogP contribution in [0.3, 0.4) is 0 Å². The molecule has 1 fully saturated rings. The molecule has 0 spiro atoms. The molecule has 52 valence electrons. The number of carbonyl (C=O) groups excluding carboxylic acids is 1. The Hall–Kier alpha value is -0.610. The third-order valence-corrected chi connectivity index (χ3v) is 1.34. The van der Waals surface area contributed by atoms with Gasteiger partial charge in [0.25, 0.3) is 0 Å². The fourth-order valence-electron chi connectivity index (χ4n) is 0.679. The largest absolute Gasteiger partial charge is 0.392 e. The Morgan fingerprint density at radius 1 is 1.78 bits per heavy atom. The Morgan fingerprint density at radius 3 is 2.67 bits per heavy atom. The Kier molecular flexibility index (Phi) is 1.68. The highest BCUT2D eigenvalue weighted by Gasteiger charge is 2.41. The van der Waals surface area contributed by atoms with E-state index in [4.69, 9.17) is 5.11 Å². The first-order chi connectivity index (χ1) is 4.25. The quantitative estimate of drug-likeness (QED) is 0.404. The van der Waals surface area contributed by atoms with Crippen LogP contribution in [0.2, 0.25) is 0 Å². The van der Waals surface area contributed by atoms with Crippen molar-refractivity contribution in [2.75, 3.05) is 7.05 Å². The molecule has 1 aliphatic carbocycles. The van der Waals surface area contributed by atoms with Gasteiger partial charge in [0.1, 0.15) is 0 Å². The molecule has 0 bridgehead atoms. The third kappa shape index (κ3) is 1.40. The van der Waals surface area contributed by atoms with Crippen LogP contribution in [-0.4, -0.2) is 24.2 Å². The van der Waals surface area contributed by atoms with Gasteiger partial charge in [-0.1, -0.05) is 0 Å². The molecule has 1 amide bonds. The number of hydrogen-bond acceptors (Lipinski definition) is 3. The molecule has 0 saturated heterocycles. The number of rotatable bonds is 2. The summed E-state index contributed by atoms with van der Waals surface area (Å²) in [5, 5.41) is 8.73. The van der Waals surface area contributed by atoms with E-state index in [1.165, 1.54) is 0 Å². The molecule has 1 rings (SSSR count). The number of hydrogen-bond donors (Lipinski definition) is 3. The zero-order valence-corrected chi connectivity index (χ0v) is 5.22. The van der Waals surface area contributed by atoms with Crippen molar-refractivity contribution in [3.8, 4) is 0 Å². The highest BCUT2D eigenvalue weighted by atomic mass is 16.3. The predicted molar refractivity (Wildman–Crippen MR) is 31.3 cm³/mol. The number of amides is 1. The topological polar surface area (TPSA) is 61.4 Å². The van der Waals surface area contributed by atoms with Gasteiger partial charge in [-0.05, 0) is 6.42 Å². The van der Waals surface area contributed by atoms with Crippen molar-refractivity contribution < 1.29 is 9.90 Å². The van der Waals surface area contributed by atoms with Crippen LogP contribution in [0.25, 0.3) is 0 Å². The first-order valence-corrected chi connectivity index (χ1v) is 2.90. The van der Waals surface area contributed by atoms with E-state index in [2.05, 4.69) is 10.9 Å². The molecule has 9 heavy (non-hydrogen) atoms. The Bertz CT molecular complexity index is 126. The lowest BCUT2D eigenvalue weighted by Gasteiger charge is -1.98. The molecule has 1 aliphatic rings. The van der Waals surface area contributed by atoms with Gasteiger partial charge in [-0.3, -0.25) is 10.2 Å². The zero-order chi connectivity index (χ0) is 6.85. The number of hydrazine groups is 1. The van der Waals surface area contributed by atoms with Crippen molar-refractivity contribution in [3.05, 3.63) is 0 Å². The molecule has 3 N–H and O–H groups in total. The Balaban J connectivity index is 2.20. The second kappa shape index (κ2) is 2.33. The standard InChI is InChI=1S/C5H10N2O2/c1-6-7-5(9)3-2-4(3)8/h3-4,6,8H,2H2,1H3,(H,7,9). The summed E-state index contributed by atoms with van der Waals surface area (Å²) in [6.45, 7) is 0. The lowest BCUT2D eigenvalue weighted by molar-refractivity contribution is -0.123. The average Bonchev–Trinajstić information content (AvgIpc) is 2.47. The van der Waals surface area contributed by atoms with E-state index in [0.717, 1.165) is 0 Å². The van der Waals surface area contributed by atoms with Gasteiger partial charge in [-0.2, -0.15) is 0 Å². The van der Waals surface area contributed by atoms with Crippen LogP contribution in [-0.2, 0) is 4.79 Å². The van der Waals surface area contributed by atoms with E-state index in [-0.39, 0.29) is 11.8 Å². The second-order valence-corrected chi connectivity index (χ2v) is 2.15. The van der Waals surface area contributed by atoms with Crippen molar-refractivity contribution in [1.82, 2.24) is 10.9 Å². The molecule has 0 aromatic heterocycles. The minimum atomic E-state index is -0.404. The van der Waals surface area contributed by atoms with Crippen LogP contribution in [0.4, 0.5) is 0 Å². The van der Waals surface area contributed by atoms with Crippen molar-refractivity contribution in [1.29, 1.82) is 0 Å². The Morgan fingerprint density at radius 2 is 2.33 bits per heavy atom. The first kappa shape index (κ1) is 6.51. The van der Waals surface area contributed by atoms with Crippen LogP contribution < -0.4 is 10.9 Å². The summed E-state index contributed by atoms with van der Waals surface area (Å²) in [6, 6.07) is 0. The van der Waals surface area contributed by atoms with Gasteiger partial charge in [0.05, 0.1) is 12.0 Å². The van der Waals surface area contributed by atoms with Gasteiger partial charge in [0.15, 0.2) is 0 Å². The van der Waals surface area contributed by atoms with Crippen LogP contribution in [0.15, 0.2) is 0 Å². The first-order valence-electron chi connectivity index (χ1n) is 2.90. The van der Waals surface area contributed by atoms with Gasteiger partial charge in [-0.15, -0.1) is 0 Å². The normalized spacial score (nSPS) is 31.8. The summed E-state index contributed by atoms with van der Waals surface area (Å²) in [4.78, 5) is 10.7. The SMILES string of the molecule is CNNC(=O)C1CC1O. The molecular weight excluding hydrogens is 120 g/mol. The predicted octanol–water partition coefficient (Wildman–Crippen LogP) is -1.38. The molecule has 4 nitrogen and oxygen atoms in total. The number of nitrogens with one attached hydrogen (secondary N) is 2. The van der Waals surface area contributed by atoms with Crippen LogP contribution in [0.5, 0.6) is 0 Å². The lowest BCUT2D eigenvalue weighted by atomic mass is 10.4. The van der Waals surface area contributed by atoms with Crippen molar-refractivity contribution in [2.24, 2.45) is 5.92 Å². The van der Waals surface area contributed by atoms with Gasteiger partial charge in [-0.25, -0.2) is 5.43 Å². The molecule has 0 radical (unpaired) electrons. The van der Waals surface area contributed by atoms with Crippen molar-refractivity contribution in [2.45, 2.75) is 12.5 Å². The molecule has 1 saturated carbocycles. The molecule has 4 heteroatoms. The maximum absolute atomic E-state index is 10.7. The van der Waals surface area contributed by atoms with Gasteiger partial charge < -0.3 is 5.11 Å². The molecule has 2 unspecified atom stereocenters. The van der Waals surface area contributed by atoms with Gasteiger partial charge >= 0.3 is 0 Å². The van der Waals surface area contributed by atoms with Crippen LogP contribution >= 0.6 is 0 Å². The summed E-state index contributed by atoms with van der Waals surface area (Å²) in [6.07, 6.45) is 0.200. The molecule has 0 aromatic carbocycles. The maximum Gasteiger partial charge on any atom is 0.239 e. The summed E-state index contributed by atoms with van der Waals surface area (Å²) in [5.41, 5.74) is 4.89. The molecule has 0 aromatic rings. The van der Waals surface area contributed by atoms with E-state index in [1.807, 2.05) is 0 Å². The number of aliphatic hydroxyl groups is 1. The monoisotopic (exact) mass is 130 g/mol. The van der Waals surface area contributed by atoms with E-state index >= 15 is 0 Å². The molecule has 0 heterocycles. The number of carbonyl (C=O) groups is 1. The summed E-state index contributed by atoms with van der Waals surface area (Å²) >= 11 is 0. The van der Waals surface area contributed by atoms with E-state index in [9.17, 15) is 4.79 Å². The number of aliphatic hydroxyl groups excluding tert-OH is 1. The maximum atomic E-state index is 10.7. The zero-order valence-electron chi connectivity index (χ0n) is 5.22. The van der Waals surface area contributed by atoms with E-state index in [1.54, 1.807) is 7.05 Å². The lowest BCUT2D eigenvalue weighted by Crippen LogP contribution is -2.35. The van der Waals surface area contributed by atoms with E-state index in [0.29, 0.717) is 6.42 Å². The van der Waals surface area contributed by atoms with Crippen molar-refractivity contribution in [3.63, 3.8) is 0 Å². The molecule has 2 atom stereocenters. The van der Waals surface area contributed by atoms with Crippen LogP contribution in [0, 0.1) is 5.92 Å². The van der Waals surface area contributed by atoms with E-state index < -0.39 is 6.10 Å². The average molecular weight is 130 g/mol. The fraction of sp³-hybridized carbons (Fsp3) is 0.800. The highest BCUT2D eigenvalue weighted by molar-refractivity contribution is 5.81. The van der Waals surface area contributed by atoms with Crippen molar-refractivity contribution >= 4 is 5.91 Å². The minimum absolute atomic E-state index is 0.120. The molecule has 0 aliphatic heterocycles. The van der Waals surface area contributed by atoms with Gasteiger partial charge in [0, 0.05) is 7.05 Å². The van der Waals surface area contributed by atoms with Crippen LogP contribution in [0.1, 0.15) is 6.42 Å².